The highest BCUT2D eigenvalue weighted by Crippen LogP contribution is 2.31. The second kappa shape index (κ2) is 9.61. The van der Waals surface area contributed by atoms with Crippen LogP contribution in [0.4, 0.5) is 11.4 Å². The molecule has 0 saturated heterocycles. The molecule has 0 bridgehead atoms. The molecule has 0 aliphatic rings. The summed E-state index contributed by atoms with van der Waals surface area (Å²) in [7, 11) is 0. The molecule has 0 radical (unpaired) electrons. The van der Waals surface area contributed by atoms with Crippen molar-refractivity contribution < 1.29 is 14.3 Å². The summed E-state index contributed by atoms with van der Waals surface area (Å²) in [6.07, 6.45) is 1.78. The fourth-order valence-electron chi connectivity index (χ4n) is 3.00. The molecule has 6 heteroatoms. The van der Waals surface area contributed by atoms with Gasteiger partial charge < -0.3 is 14.8 Å². The zero-order valence-electron chi connectivity index (χ0n) is 16.9. The number of carbonyl (C=O) groups excluding carboxylic acids is 1. The number of halogens is 1. The lowest BCUT2D eigenvalue weighted by atomic mass is 10.1. The number of nitrogens with one attached hydrogen (secondary N) is 1. The van der Waals surface area contributed by atoms with Crippen LogP contribution in [0.2, 0.25) is 5.02 Å². The maximum Gasteiger partial charge on any atom is 0.339 e. The second-order valence-corrected chi connectivity index (χ2v) is 7.14. The number of pyridine rings is 1. The highest BCUT2D eigenvalue weighted by molar-refractivity contribution is 6.33. The van der Waals surface area contributed by atoms with Crippen molar-refractivity contribution >= 4 is 39.8 Å². The van der Waals surface area contributed by atoms with E-state index in [4.69, 9.17) is 21.1 Å². The maximum atomic E-state index is 12.4. The summed E-state index contributed by atoms with van der Waals surface area (Å²) in [6.45, 7) is 6.92. The van der Waals surface area contributed by atoms with Crippen molar-refractivity contribution in [3.8, 4) is 5.75 Å². The van der Waals surface area contributed by atoms with Crippen LogP contribution < -0.4 is 10.1 Å². The van der Waals surface area contributed by atoms with Gasteiger partial charge in [0.2, 0.25) is 0 Å². The van der Waals surface area contributed by atoms with Gasteiger partial charge in [-0.15, -0.1) is 0 Å². The van der Waals surface area contributed by atoms with Crippen LogP contribution in [0.3, 0.4) is 0 Å². The number of carbonyl (C=O) groups is 1. The SMILES string of the molecule is CCCCOC(=O)c1cc(Nc2cc(C)nc3ccc(OCC)cc23)ccc1Cl. The third-order valence-electron chi connectivity index (χ3n) is 4.42. The van der Waals surface area contributed by atoms with E-state index in [1.807, 2.05) is 51.1 Å². The first kappa shape index (κ1) is 20.9. The van der Waals surface area contributed by atoms with E-state index in [0.29, 0.717) is 23.8 Å². The van der Waals surface area contributed by atoms with Crippen LogP contribution in [-0.4, -0.2) is 24.2 Å². The number of benzene rings is 2. The number of fused-ring (bicyclic) bond motifs is 1. The standard InChI is InChI=1S/C23H25ClN2O3/c1-4-6-11-29-23(27)18-13-16(7-9-20(18)24)26-22-12-15(3)25-21-10-8-17(28-5-2)14-19(21)22/h7-10,12-14H,4-6,11H2,1-3H3,(H,25,26). The van der Waals surface area contributed by atoms with Crippen LogP contribution in [0, 0.1) is 6.92 Å². The van der Waals surface area contributed by atoms with E-state index in [2.05, 4.69) is 10.3 Å². The fraction of sp³-hybridized carbons (Fsp3) is 0.304. The largest absolute Gasteiger partial charge is 0.494 e. The number of anilines is 2. The summed E-state index contributed by atoms with van der Waals surface area (Å²) >= 11 is 6.23. The first-order valence-corrected chi connectivity index (χ1v) is 10.2. The van der Waals surface area contributed by atoms with Gasteiger partial charge in [0.25, 0.3) is 0 Å². The molecular weight excluding hydrogens is 388 g/mol. The van der Waals surface area contributed by atoms with Gasteiger partial charge >= 0.3 is 5.97 Å². The first-order valence-electron chi connectivity index (χ1n) is 9.79. The van der Waals surface area contributed by atoms with Gasteiger partial charge in [-0.1, -0.05) is 24.9 Å². The number of unbranched alkanes of at least 4 members (excludes halogenated alkanes) is 1. The molecule has 0 unspecified atom stereocenters. The van der Waals surface area contributed by atoms with Crippen molar-refractivity contribution in [3.05, 3.63) is 58.7 Å². The molecule has 1 heterocycles. The zero-order chi connectivity index (χ0) is 20.8. The molecule has 152 valence electrons. The summed E-state index contributed by atoms with van der Waals surface area (Å²) in [6, 6.07) is 13.0. The molecule has 3 aromatic rings. The van der Waals surface area contributed by atoms with E-state index in [0.717, 1.165) is 46.6 Å². The average molecular weight is 413 g/mol. The number of ether oxygens (including phenoxy) is 2. The molecule has 0 aliphatic heterocycles. The third-order valence-corrected chi connectivity index (χ3v) is 4.75. The Morgan fingerprint density at radius 1 is 1.14 bits per heavy atom. The minimum absolute atomic E-state index is 0.345. The molecule has 0 saturated carbocycles. The number of hydrogen-bond donors (Lipinski definition) is 1. The lowest BCUT2D eigenvalue weighted by Gasteiger charge is -2.14. The minimum atomic E-state index is -0.415. The molecule has 0 fully saturated rings. The maximum absolute atomic E-state index is 12.4. The summed E-state index contributed by atoms with van der Waals surface area (Å²) in [5.74, 6) is 0.367. The van der Waals surface area contributed by atoms with Crippen molar-refractivity contribution in [1.82, 2.24) is 4.98 Å². The quantitative estimate of drug-likeness (QED) is 0.347. The Morgan fingerprint density at radius 3 is 2.72 bits per heavy atom. The van der Waals surface area contributed by atoms with Gasteiger partial charge in [0.05, 0.1) is 29.3 Å². The first-order chi connectivity index (χ1) is 14.0. The normalized spacial score (nSPS) is 10.8. The van der Waals surface area contributed by atoms with Gasteiger partial charge in [-0.25, -0.2) is 4.79 Å². The van der Waals surface area contributed by atoms with Crippen LogP contribution >= 0.6 is 11.6 Å². The van der Waals surface area contributed by atoms with Crippen LogP contribution in [0.15, 0.2) is 42.5 Å². The van der Waals surface area contributed by atoms with Crippen molar-refractivity contribution in [2.24, 2.45) is 0 Å². The number of esters is 1. The highest BCUT2D eigenvalue weighted by atomic mass is 35.5. The molecule has 0 aliphatic carbocycles. The van der Waals surface area contributed by atoms with E-state index >= 15 is 0 Å². The number of rotatable bonds is 8. The summed E-state index contributed by atoms with van der Waals surface area (Å²) in [4.78, 5) is 17.0. The predicted molar refractivity (Wildman–Crippen MR) is 118 cm³/mol. The molecule has 29 heavy (non-hydrogen) atoms. The molecule has 2 aromatic carbocycles. The van der Waals surface area contributed by atoms with Gasteiger partial charge in [0.1, 0.15) is 5.75 Å². The van der Waals surface area contributed by atoms with Crippen LogP contribution in [-0.2, 0) is 4.74 Å². The summed E-state index contributed by atoms with van der Waals surface area (Å²) in [5.41, 5.74) is 3.71. The smallest absolute Gasteiger partial charge is 0.339 e. The number of aryl methyl sites for hydroxylation is 1. The summed E-state index contributed by atoms with van der Waals surface area (Å²) < 4.78 is 10.9. The van der Waals surface area contributed by atoms with E-state index in [-0.39, 0.29) is 0 Å². The van der Waals surface area contributed by atoms with E-state index in [1.54, 1.807) is 12.1 Å². The van der Waals surface area contributed by atoms with E-state index in [1.165, 1.54) is 0 Å². The van der Waals surface area contributed by atoms with Crippen LogP contribution in [0.1, 0.15) is 42.7 Å². The Kier molecular flexibility index (Phi) is 6.94. The lowest BCUT2D eigenvalue weighted by Crippen LogP contribution is -2.07. The van der Waals surface area contributed by atoms with Crippen LogP contribution in [0.25, 0.3) is 10.9 Å². The van der Waals surface area contributed by atoms with Crippen LogP contribution in [0.5, 0.6) is 5.75 Å². The molecule has 1 N–H and O–H groups in total. The zero-order valence-corrected chi connectivity index (χ0v) is 17.7. The van der Waals surface area contributed by atoms with Gasteiger partial charge in [0.15, 0.2) is 0 Å². The monoisotopic (exact) mass is 412 g/mol. The number of aromatic nitrogens is 1. The van der Waals surface area contributed by atoms with Gasteiger partial charge in [-0.3, -0.25) is 4.98 Å². The molecule has 0 spiro atoms. The molecular formula is C23H25ClN2O3. The molecule has 5 nitrogen and oxygen atoms in total. The van der Waals surface area contributed by atoms with E-state index < -0.39 is 5.97 Å². The number of hydrogen-bond acceptors (Lipinski definition) is 5. The van der Waals surface area contributed by atoms with Crippen molar-refractivity contribution in [1.29, 1.82) is 0 Å². The molecule has 0 atom stereocenters. The molecule has 1 aromatic heterocycles. The Balaban J connectivity index is 1.93. The summed E-state index contributed by atoms with van der Waals surface area (Å²) in [5, 5.41) is 4.69. The van der Waals surface area contributed by atoms with Crippen molar-refractivity contribution in [3.63, 3.8) is 0 Å². The van der Waals surface area contributed by atoms with E-state index in [9.17, 15) is 4.79 Å². The molecule has 3 rings (SSSR count). The predicted octanol–water partition coefficient (Wildman–Crippen LogP) is 6.30. The van der Waals surface area contributed by atoms with Gasteiger partial charge in [-0.05, 0) is 62.7 Å². The van der Waals surface area contributed by atoms with Gasteiger partial charge in [-0.2, -0.15) is 0 Å². The Morgan fingerprint density at radius 2 is 1.97 bits per heavy atom. The third kappa shape index (κ3) is 5.18. The average Bonchev–Trinajstić information content (AvgIpc) is 2.70. The fourth-order valence-corrected chi connectivity index (χ4v) is 3.19. The second-order valence-electron chi connectivity index (χ2n) is 6.73. The van der Waals surface area contributed by atoms with Crippen molar-refractivity contribution in [2.45, 2.75) is 33.6 Å². The van der Waals surface area contributed by atoms with Gasteiger partial charge in [0, 0.05) is 22.5 Å². The minimum Gasteiger partial charge on any atom is -0.494 e. The van der Waals surface area contributed by atoms with Crippen molar-refractivity contribution in [2.75, 3.05) is 18.5 Å². The highest BCUT2D eigenvalue weighted by Gasteiger charge is 2.14. The Hall–Kier alpha value is -2.79. The number of nitrogens with zero attached hydrogens (tertiary/aromatic N) is 1. The Labute approximate surface area is 176 Å². The molecule has 0 amide bonds. The topological polar surface area (TPSA) is 60.5 Å². The lowest BCUT2D eigenvalue weighted by molar-refractivity contribution is 0.0500. The Bertz CT molecular complexity index is 1020.